The molecule has 0 saturated carbocycles. The Morgan fingerprint density at radius 1 is 0.903 bits per heavy atom. The third-order valence-corrected chi connectivity index (χ3v) is 5.59. The maximum Gasteiger partial charge on any atom is 0.204 e. The zero-order chi connectivity index (χ0) is 22.7. The second kappa shape index (κ2) is 9.66. The summed E-state index contributed by atoms with van der Waals surface area (Å²) in [6, 6.07) is 3.84. The quantitative estimate of drug-likeness (QED) is 0.680. The maximum absolute atomic E-state index is 10.2. The predicted octanol–water partition coefficient (Wildman–Crippen LogP) is 3.78. The minimum Gasteiger partial charge on any atom is -0.493 e. The summed E-state index contributed by atoms with van der Waals surface area (Å²) in [6.07, 6.45) is 0.619. The molecular weight excluding hydrogens is 400 g/mol. The van der Waals surface area contributed by atoms with E-state index in [-0.39, 0.29) is 6.10 Å². The van der Waals surface area contributed by atoms with Crippen LogP contribution in [0, 0.1) is 0 Å². The van der Waals surface area contributed by atoms with Gasteiger partial charge in [0, 0.05) is 11.1 Å². The van der Waals surface area contributed by atoms with Gasteiger partial charge in [0.1, 0.15) is 0 Å². The van der Waals surface area contributed by atoms with Crippen molar-refractivity contribution in [3.8, 4) is 39.9 Å². The minimum absolute atomic E-state index is 0.0365. The van der Waals surface area contributed by atoms with Crippen molar-refractivity contribution in [3.05, 3.63) is 28.8 Å². The summed E-state index contributed by atoms with van der Waals surface area (Å²) in [7, 11) is 8.03. The number of fused-ring (bicyclic) bond motifs is 1. The van der Waals surface area contributed by atoms with Gasteiger partial charge in [-0.1, -0.05) is 0 Å². The van der Waals surface area contributed by atoms with Gasteiger partial charge in [0.15, 0.2) is 23.0 Å². The van der Waals surface area contributed by atoms with E-state index in [1.54, 1.807) is 42.5 Å². The fraction of sp³-hybridized carbons (Fsp3) is 0.500. The molecule has 7 nitrogen and oxygen atoms in total. The van der Waals surface area contributed by atoms with E-state index in [0.717, 1.165) is 27.8 Å². The fourth-order valence-corrected chi connectivity index (χ4v) is 4.25. The number of benzene rings is 2. The highest BCUT2D eigenvalue weighted by atomic mass is 16.5. The first-order valence-corrected chi connectivity index (χ1v) is 10.3. The summed E-state index contributed by atoms with van der Waals surface area (Å²) in [5.74, 6) is 2.90. The van der Waals surface area contributed by atoms with Crippen molar-refractivity contribution in [3.63, 3.8) is 0 Å². The normalized spacial score (nSPS) is 16.3. The van der Waals surface area contributed by atoms with Gasteiger partial charge in [-0.05, 0) is 55.5 Å². The number of aliphatic hydroxyl groups is 1. The van der Waals surface area contributed by atoms with Crippen LogP contribution in [0.1, 0.15) is 30.5 Å². The molecule has 2 aromatic rings. The summed E-state index contributed by atoms with van der Waals surface area (Å²) in [4.78, 5) is 0. The molecule has 1 N–H and O–H groups in total. The Morgan fingerprint density at radius 2 is 1.52 bits per heavy atom. The lowest BCUT2D eigenvalue weighted by molar-refractivity contribution is 0.0394. The Balaban J connectivity index is 2.44. The number of aliphatic hydroxyl groups excluding tert-OH is 1. The van der Waals surface area contributed by atoms with Crippen LogP contribution in [0.25, 0.3) is 11.1 Å². The Morgan fingerprint density at radius 3 is 2.06 bits per heavy atom. The topological polar surface area (TPSA) is 75.6 Å². The standard InChI is InChI=1S/C24H32O7/c1-13(25)8-15-10-19(26-3)20(27-4)11-16(15)21-17-9-14(2)31-12-18(17)22(28-5)24(30-7)23(21)29-6/h10-11,13-14,25H,8-9,12H2,1-7H3. The zero-order valence-electron chi connectivity index (χ0n) is 19.3. The monoisotopic (exact) mass is 432 g/mol. The lowest BCUT2D eigenvalue weighted by atomic mass is 9.85. The Kier molecular flexibility index (Phi) is 7.18. The molecule has 2 atom stereocenters. The summed E-state index contributed by atoms with van der Waals surface area (Å²) >= 11 is 0. The number of hydrogen-bond donors (Lipinski definition) is 1. The van der Waals surface area contributed by atoms with Crippen LogP contribution in [-0.4, -0.2) is 52.9 Å². The van der Waals surface area contributed by atoms with Crippen LogP contribution in [-0.2, 0) is 24.2 Å². The van der Waals surface area contributed by atoms with Gasteiger partial charge in [0.25, 0.3) is 0 Å². The van der Waals surface area contributed by atoms with Gasteiger partial charge in [-0.3, -0.25) is 0 Å². The van der Waals surface area contributed by atoms with Gasteiger partial charge in [0.05, 0.1) is 54.4 Å². The Bertz CT molecular complexity index is 937. The van der Waals surface area contributed by atoms with Crippen molar-refractivity contribution in [1.82, 2.24) is 0 Å². The molecule has 0 bridgehead atoms. The summed E-state index contributed by atoms with van der Waals surface area (Å²) < 4.78 is 34.3. The van der Waals surface area contributed by atoms with Gasteiger partial charge < -0.3 is 33.5 Å². The van der Waals surface area contributed by atoms with Crippen LogP contribution in [0.5, 0.6) is 28.7 Å². The van der Waals surface area contributed by atoms with Gasteiger partial charge >= 0.3 is 0 Å². The first-order valence-electron chi connectivity index (χ1n) is 10.3. The Hall–Kier alpha value is -2.64. The largest absolute Gasteiger partial charge is 0.493 e. The molecule has 0 aromatic heterocycles. The third kappa shape index (κ3) is 4.25. The van der Waals surface area contributed by atoms with Crippen molar-refractivity contribution in [2.45, 2.75) is 45.5 Å². The first-order chi connectivity index (χ1) is 14.9. The van der Waals surface area contributed by atoms with Crippen LogP contribution in [0.15, 0.2) is 12.1 Å². The SMILES string of the molecule is COc1cc(CC(C)O)c(-c2c3c(c(OC)c(OC)c2OC)COC(C)C3)cc1OC. The van der Waals surface area contributed by atoms with Crippen LogP contribution in [0.2, 0.25) is 0 Å². The summed E-state index contributed by atoms with van der Waals surface area (Å²) in [5, 5.41) is 10.2. The number of ether oxygens (including phenoxy) is 6. The van der Waals surface area contributed by atoms with E-state index in [4.69, 9.17) is 28.4 Å². The lowest BCUT2D eigenvalue weighted by Crippen LogP contribution is -2.21. The smallest absolute Gasteiger partial charge is 0.204 e. The number of methoxy groups -OCH3 is 5. The molecule has 0 radical (unpaired) electrons. The molecule has 3 rings (SSSR count). The average Bonchev–Trinajstić information content (AvgIpc) is 2.76. The van der Waals surface area contributed by atoms with E-state index in [0.29, 0.717) is 48.2 Å². The predicted molar refractivity (Wildman–Crippen MR) is 118 cm³/mol. The average molecular weight is 433 g/mol. The van der Waals surface area contributed by atoms with E-state index in [1.807, 2.05) is 19.1 Å². The third-order valence-electron chi connectivity index (χ3n) is 5.59. The molecule has 7 heteroatoms. The van der Waals surface area contributed by atoms with E-state index < -0.39 is 6.10 Å². The molecule has 0 amide bonds. The molecule has 0 aliphatic carbocycles. The van der Waals surface area contributed by atoms with Crippen molar-refractivity contribution in [1.29, 1.82) is 0 Å². The molecule has 2 aromatic carbocycles. The van der Waals surface area contributed by atoms with Crippen LogP contribution < -0.4 is 23.7 Å². The van der Waals surface area contributed by atoms with Crippen molar-refractivity contribution >= 4 is 0 Å². The second-order valence-electron chi connectivity index (χ2n) is 7.68. The van der Waals surface area contributed by atoms with Gasteiger partial charge in [-0.2, -0.15) is 0 Å². The maximum atomic E-state index is 10.2. The van der Waals surface area contributed by atoms with Crippen molar-refractivity contribution in [2.24, 2.45) is 0 Å². The van der Waals surface area contributed by atoms with E-state index in [2.05, 4.69) is 0 Å². The molecular formula is C24H32O7. The summed E-state index contributed by atoms with van der Waals surface area (Å²) in [6.45, 7) is 4.21. The van der Waals surface area contributed by atoms with Crippen LogP contribution in [0.3, 0.4) is 0 Å². The molecule has 0 spiro atoms. The molecule has 0 fully saturated rings. The molecule has 0 saturated heterocycles. The van der Waals surface area contributed by atoms with E-state index >= 15 is 0 Å². The summed E-state index contributed by atoms with van der Waals surface area (Å²) in [5.41, 5.74) is 4.71. The fourth-order valence-electron chi connectivity index (χ4n) is 4.25. The van der Waals surface area contributed by atoms with Gasteiger partial charge in [-0.25, -0.2) is 0 Å². The highest BCUT2D eigenvalue weighted by Gasteiger charge is 2.32. The molecule has 31 heavy (non-hydrogen) atoms. The highest BCUT2D eigenvalue weighted by Crippen LogP contribution is 2.53. The second-order valence-corrected chi connectivity index (χ2v) is 7.68. The van der Waals surface area contributed by atoms with Crippen LogP contribution >= 0.6 is 0 Å². The van der Waals surface area contributed by atoms with Gasteiger partial charge in [-0.15, -0.1) is 0 Å². The van der Waals surface area contributed by atoms with E-state index in [1.165, 1.54) is 0 Å². The van der Waals surface area contributed by atoms with Crippen LogP contribution in [0.4, 0.5) is 0 Å². The minimum atomic E-state index is -0.541. The molecule has 170 valence electrons. The van der Waals surface area contributed by atoms with Crippen molar-refractivity contribution in [2.75, 3.05) is 35.5 Å². The van der Waals surface area contributed by atoms with Crippen molar-refractivity contribution < 1.29 is 33.5 Å². The highest BCUT2D eigenvalue weighted by molar-refractivity contribution is 5.85. The molecule has 2 unspecified atom stereocenters. The Labute approximate surface area is 183 Å². The zero-order valence-corrected chi connectivity index (χ0v) is 19.3. The first kappa shape index (κ1) is 23.0. The van der Waals surface area contributed by atoms with E-state index in [9.17, 15) is 5.11 Å². The molecule has 1 aliphatic rings. The lowest BCUT2D eigenvalue weighted by Gasteiger charge is -2.30. The van der Waals surface area contributed by atoms with Gasteiger partial charge in [0.2, 0.25) is 5.75 Å². The number of rotatable bonds is 8. The molecule has 1 aliphatic heterocycles. The number of hydrogen-bond acceptors (Lipinski definition) is 7. The molecule has 1 heterocycles.